The minimum Gasteiger partial charge on any atom is -0.381 e. The Kier molecular flexibility index (Phi) is 5.86. The van der Waals surface area contributed by atoms with Crippen molar-refractivity contribution in [3.05, 3.63) is 36.0 Å². The monoisotopic (exact) mass is 407 g/mol. The maximum absolute atomic E-state index is 13.5. The van der Waals surface area contributed by atoms with Gasteiger partial charge in [-0.05, 0) is 37.1 Å². The van der Waals surface area contributed by atoms with Gasteiger partial charge in [0.15, 0.2) is 0 Å². The number of nitrogens with one attached hydrogen (secondary N) is 2. The van der Waals surface area contributed by atoms with Crippen molar-refractivity contribution in [2.75, 3.05) is 49.6 Å². The first-order valence-electron chi connectivity index (χ1n) is 9.85. The molecule has 2 aliphatic heterocycles. The predicted octanol–water partition coefficient (Wildman–Crippen LogP) is 3.16. The van der Waals surface area contributed by atoms with E-state index < -0.39 is 11.7 Å². The van der Waals surface area contributed by atoms with E-state index in [0.717, 1.165) is 38.1 Å². The lowest BCUT2D eigenvalue weighted by Crippen LogP contribution is -2.44. The molecule has 2 fully saturated rings. The molecule has 0 aliphatic carbocycles. The Balaban J connectivity index is 1.65. The number of rotatable bonds is 4. The second-order valence-corrected chi connectivity index (χ2v) is 7.29. The second-order valence-electron chi connectivity index (χ2n) is 7.29. The largest absolute Gasteiger partial charge is 0.416 e. The number of hydrogen-bond donors (Lipinski definition) is 2. The average molecular weight is 407 g/mol. The number of ether oxygens (including phenoxy) is 1. The van der Waals surface area contributed by atoms with Crippen LogP contribution in [0, 0.1) is 0 Å². The van der Waals surface area contributed by atoms with Crippen molar-refractivity contribution < 1.29 is 17.9 Å². The molecule has 156 valence electrons. The average Bonchev–Trinajstić information content (AvgIpc) is 2.74. The number of halogens is 3. The van der Waals surface area contributed by atoms with Crippen LogP contribution < -0.4 is 15.5 Å². The van der Waals surface area contributed by atoms with E-state index in [4.69, 9.17) is 4.74 Å². The first-order valence-corrected chi connectivity index (χ1v) is 9.85. The number of anilines is 2. The highest BCUT2D eigenvalue weighted by Gasteiger charge is 2.32. The third-order valence-corrected chi connectivity index (χ3v) is 5.21. The van der Waals surface area contributed by atoms with Crippen LogP contribution in [0.2, 0.25) is 0 Å². The Morgan fingerprint density at radius 3 is 2.59 bits per heavy atom. The third kappa shape index (κ3) is 4.97. The minimum atomic E-state index is -4.43. The van der Waals surface area contributed by atoms with Gasteiger partial charge in [-0.1, -0.05) is 0 Å². The summed E-state index contributed by atoms with van der Waals surface area (Å²) in [6.07, 6.45) is -1.08. The summed E-state index contributed by atoms with van der Waals surface area (Å²) in [5.41, 5.74) is 0.217. The standard InChI is InChI=1S/C20H24F3N5O/c21-20(22,23)15-12-17(27-19(13-15)28-7-5-24-6-8-28)14-1-4-25-18(11-14)26-16-2-9-29-10-3-16/h1,4,11-13,16,24H,2-3,5-10H2,(H,25,26). The van der Waals surface area contributed by atoms with Gasteiger partial charge in [-0.3, -0.25) is 0 Å². The Hall–Kier alpha value is -2.39. The van der Waals surface area contributed by atoms with Crippen LogP contribution in [0.3, 0.4) is 0 Å². The van der Waals surface area contributed by atoms with Crippen molar-refractivity contribution in [1.82, 2.24) is 15.3 Å². The summed E-state index contributed by atoms with van der Waals surface area (Å²) in [6.45, 7) is 4.09. The molecule has 2 aromatic rings. The van der Waals surface area contributed by atoms with Crippen molar-refractivity contribution >= 4 is 11.6 Å². The van der Waals surface area contributed by atoms with Gasteiger partial charge in [0.25, 0.3) is 0 Å². The fourth-order valence-corrected chi connectivity index (χ4v) is 3.60. The fourth-order valence-electron chi connectivity index (χ4n) is 3.60. The molecule has 0 radical (unpaired) electrons. The molecule has 0 unspecified atom stereocenters. The fraction of sp³-hybridized carbons (Fsp3) is 0.500. The van der Waals surface area contributed by atoms with Crippen molar-refractivity contribution in [3.8, 4) is 11.3 Å². The highest BCUT2D eigenvalue weighted by atomic mass is 19.4. The third-order valence-electron chi connectivity index (χ3n) is 5.21. The topological polar surface area (TPSA) is 62.3 Å². The number of alkyl halides is 3. The molecule has 2 aromatic heterocycles. The Morgan fingerprint density at radius 2 is 1.86 bits per heavy atom. The van der Waals surface area contributed by atoms with E-state index >= 15 is 0 Å². The van der Waals surface area contributed by atoms with Crippen molar-refractivity contribution in [2.45, 2.75) is 25.1 Å². The maximum Gasteiger partial charge on any atom is 0.416 e. The molecule has 2 N–H and O–H groups in total. The van der Waals surface area contributed by atoms with Gasteiger partial charge in [0, 0.05) is 57.2 Å². The number of nitrogens with zero attached hydrogens (tertiary/aromatic N) is 3. The summed E-state index contributed by atoms with van der Waals surface area (Å²) in [7, 11) is 0. The molecule has 4 rings (SSSR count). The normalized spacial score (nSPS) is 18.7. The summed E-state index contributed by atoms with van der Waals surface area (Å²) in [6, 6.07) is 5.95. The highest BCUT2D eigenvalue weighted by molar-refractivity contribution is 5.66. The molecule has 0 aromatic carbocycles. The number of hydrogen-bond acceptors (Lipinski definition) is 6. The number of aromatic nitrogens is 2. The van der Waals surface area contributed by atoms with Gasteiger partial charge in [0.05, 0.1) is 11.3 Å². The summed E-state index contributed by atoms with van der Waals surface area (Å²) >= 11 is 0. The molecule has 2 saturated heterocycles. The van der Waals surface area contributed by atoms with Crippen LogP contribution in [0.1, 0.15) is 18.4 Å². The molecule has 29 heavy (non-hydrogen) atoms. The number of piperazine rings is 1. The van der Waals surface area contributed by atoms with Crippen LogP contribution in [0.15, 0.2) is 30.5 Å². The smallest absolute Gasteiger partial charge is 0.381 e. The van der Waals surface area contributed by atoms with E-state index in [1.54, 1.807) is 18.3 Å². The molecule has 0 bridgehead atoms. The lowest BCUT2D eigenvalue weighted by atomic mass is 10.1. The quantitative estimate of drug-likeness (QED) is 0.812. The Morgan fingerprint density at radius 1 is 1.10 bits per heavy atom. The van der Waals surface area contributed by atoms with Crippen LogP contribution in [-0.4, -0.2) is 55.4 Å². The molecule has 0 atom stereocenters. The minimum absolute atomic E-state index is 0.248. The zero-order valence-electron chi connectivity index (χ0n) is 16.0. The first-order chi connectivity index (χ1) is 14.0. The maximum atomic E-state index is 13.5. The van der Waals surface area contributed by atoms with E-state index in [9.17, 15) is 13.2 Å². The van der Waals surface area contributed by atoms with Crippen LogP contribution in [0.4, 0.5) is 24.8 Å². The van der Waals surface area contributed by atoms with Gasteiger partial charge >= 0.3 is 6.18 Å². The van der Waals surface area contributed by atoms with E-state index in [1.807, 2.05) is 4.90 Å². The Labute approximate surface area is 167 Å². The van der Waals surface area contributed by atoms with Crippen LogP contribution in [0.5, 0.6) is 0 Å². The van der Waals surface area contributed by atoms with Gasteiger partial charge in [0.2, 0.25) is 0 Å². The molecule has 0 saturated carbocycles. The van der Waals surface area contributed by atoms with Crippen molar-refractivity contribution in [3.63, 3.8) is 0 Å². The molecule has 2 aliphatic rings. The van der Waals surface area contributed by atoms with Crippen molar-refractivity contribution in [2.24, 2.45) is 0 Å². The SMILES string of the molecule is FC(F)(F)c1cc(-c2ccnc(NC3CCOCC3)c2)nc(N2CCNCC2)c1. The molecule has 6 nitrogen and oxygen atoms in total. The molecule has 0 spiro atoms. The van der Waals surface area contributed by atoms with E-state index in [1.165, 1.54) is 0 Å². The van der Waals surface area contributed by atoms with Gasteiger partial charge < -0.3 is 20.3 Å². The van der Waals surface area contributed by atoms with Crippen molar-refractivity contribution in [1.29, 1.82) is 0 Å². The number of pyridine rings is 2. The van der Waals surface area contributed by atoms with Gasteiger partial charge in [-0.25, -0.2) is 9.97 Å². The summed E-state index contributed by atoms with van der Waals surface area (Å²) < 4.78 is 45.9. The molecule has 9 heteroatoms. The van der Waals surface area contributed by atoms with E-state index in [2.05, 4.69) is 20.6 Å². The van der Waals surface area contributed by atoms with E-state index in [-0.39, 0.29) is 6.04 Å². The highest BCUT2D eigenvalue weighted by Crippen LogP contribution is 2.34. The lowest BCUT2D eigenvalue weighted by molar-refractivity contribution is -0.137. The van der Waals surface area contributed by atoms with Crippen LogP contribution in [0.25, 0.3) is 11.3 Å². The first kappa shape index (κ1) is 19.9. The Bertz CT molecular complexity index is 833. The zero-order valence-corrected chi connectivity index (χ0v) is 16.0. The van der Waals surface area contributed by atoms with Gasteiger partial charge in [0.1, 0.15) is 11.6 Å². The molecule has 4 heterocycles. The molecular weight excluding hydrogens is 383 g/mol. The van der Waals surface area contributed by atoms with Gasteiger partial charge in [-0.15, -0.1) is 0 Å². The second kappa shape index (κ2) is 8.54. The summed E-state index contributed by atoms with van der Waals surface area (Å²) in [4.78, 5) is 10.8. The van der Waals surface area contributed by atoms with E-state index in [0.29, 0.717) is 49.2 Å². The van der Waals surface area contributed by atoms with Gasteiger partial charge in [-0.2, -0.15) is 13.2 Å². The summed E-state index contributed by atoms with van der Waals surface area (Å²) in [5.74, 6) is 0.990. The molecule has 0 amide bonds. The van der Waals surface area contributed by atoms with Crippen LogP contribution in [-0.2, 0) is 10.9 Å². The zero-order chi connectivity index (χ0) is 20.3. The lowest BCUT2D eigenvalue weighted by Gasteiger charge is -2.29. The van der Waals surface area contributed by atoms with Crippen LogP contribution >= 0.6 is 0 Å². The summed E-state index contributed by atoms with van der Waals surface area (Å²) in [5, 5.41) is 6.56. The predicted molar refractivity (Wildman–Crippen MR) is 105 cm³/mol. The molecular formula is C20H24F3N5O.